The van der Waals surface area contributed by atoms with Crippen molar-refractivity contribution in [1.29, 1.82) is 0 Å². The van der Waals surface area contributed by atoms with Crippen molar-refractivity contribution in [3.63, 3.8) is 0 Å². The molecule has 0 spiro atoms. The van der Waals surface area contributed by atoms with Crippen LogP contribution < -0.4 is 10.6 Å². The highest BCUT2D eigenvalue weighted by Gasteiger charge is 2.16. The Labute approximate surface area is 160 Å². The second kappa shape index (κ2) is 7.71. The predicted molar refractivity (Wildman–Crippen MR) is 104 cm³/mol. The molecule has 28 heavy (non-hydrogen) atoms. The Balaban J connectivity index is 1.43. The summed E-state index contributed by atoms with van der Waals surface area (Å²) in [5.41, 5.74) is 2.88. The third-order valence-electron chi connectivity index (χ3n) is 3.98. The topological polar surface area (TPSA) is 80.0 Å². The standard InChI is InChI=1S/C21H15FN4O2/c22-17-8-4-5-9-18(17)24-21-26-25-20(28-21)19(27)23-16-12-10-15(11-13-16)14-6-2-1-3-7-14/h1-13H,(H,23,27)(H,24,26). The highest BCUT2D eigenvalue weighted by atomic mass is 19.1. The average molecular weight is 374 g/mol. The van der Waals surface area contributed by atoms with Crippen molar-refractivity contribution in [3.8, 4) is 11.1 Å². The molecule has 0 atom stereocenters. The lowest BCUT2D eigenvalue weighted by Gasteiger charge is -2.05. The van der Waals surface area contributed by atoms with E-state index < -0.39 is 11.7 Å². The van der Waals surface area contributed by atoms with Gasteiger partial charge in [-0.25, -0.2) is 4.39 Å². The Morgan fingerprint density at radius 1 is 0.821 bits per heavy atom. The number of rotatable bonds is 5. The van der Waals surface area contributed by atoms with E-state index in [9.17, 15) is 9.18 Å². The number of hydrogen-bond acceptors (Lipinski definition) is 5. The molecule has 0 unspecified atom stereocenters. The van der Waals surface area contributed by atoms with Crippen LogP contribution in [0.15, 0.2) is 83.3 Å². The molecule has 138 valence electrons. The first-order chi connectivity index (χ1) is 13.7. The van der Waals surface area contributed by atoms with Crippen molar-refractivity contribution in [2.75, 3.05) is 10.6 Å². The highest BCUT2D eigenvalue weighted by molar-refractivity contribution is 6.01. The van der Waals surface area contributed by atoms with Gasteiger partial charge in [-0.3, -0.25) is 4.79 Å². The number of amides is 1. The molecular formula is C21H15FN4O2. The van der Waals surface area contributed by atoms with Crippen molar-refractivity contribution in [2.24, 2.45) is 0 Å². The number of carbonyl (C=O) groups excluding carboxylic acids is 1. The van der Waals surface area contributed by atoms with Crippen LogP contribution in [0.3, 0.4) is 0 Å². The fourth-order valence-corrected chi connectivity index (χ4v) is 2.60. The smallest absolute Gasteiger partial charge is 0.320 e. The second-order valence-electron chi connectivity index (χ2n) is 5.91. The summed E-state index contributed by atoms with van der Waals surface area (Å²) in [6, 6.07) is 23.3. The maximum absolute atomic E-state index is 13.7. The molecule has 0 radical (unpaired) electrons. The summed E-state index contributed by atoms with van der Waals surface area (Å²) in [5, 5.41) is 12.7. The van der Waals surface area contributed by atoms with Gasteiger partial charge in [-0.15, -0.1) is 5.10 Å². The van der Waals surface area contributed by atoms with E-state index in [1.54, 1.807) is 24.3 Å². The molecule has 7 heteroatoms. The molecule has 1 heterocycles. The van der Waals surface area contributed by atoms with Crippen LogP contribution in [0.25, 0.3) is 11.1 Å². The van der Waals surface area contributed by atoms with Gasteiger partial charge in [0.1, 0.15) is 5.82 Å². The van der Waals surface area contributed by atoms with Crippen molar-refractivity contribution in [1.82, 2.24) is 10.2 Å². The molecule has 0 saturated heterocycles. The molecule has 1 aromatic heterocycles. The van der Waals surface area contributed by atoms with Gasteiger partial charge in [0, 0.05) is 5.69 Å². The molecule has 4 rings (SSSR count). The Bertz CT molecular complexity index is 1090. The molecular weight excluding hydrogens is 359 g/mol. The molecule has 0 saturated carbocycles. The summed E-state index contributed by atoms with van der Waals surface area (Å²) in [6.45, 7) is 0. The predicted octanol–water partition coefficient (Wildman–Crippen LogP) is 4.87. The van der Waals surface area contributed by atoms with Crippen LogP contribution in [-0.2, 0) is 0 Å². The molecule has 0 bridgehead atoms. The molecule has 0 aliphatic rings. The summed E-state index contributed by atoms with van der Waals surface area (Å²) < 4.78 is 18.9. The summed E-state index contributed by atoms with van der Waals surface area (Å²) >= 11 is 0. The van der Waals surface area contributed by atoms with E-state index in [2.05, 4.69) is 20.8 Å². The van der Waals surface area contributed by atoms with Crippen molar-refractivity contribution >= 4 is 23.3 Å². The molecule has 0 fully saturated rings. The van der Waals surface area contributed by atoms with Gasteiger partial charge in [-0.1, -0.05) is 59.7 Å². The van der Waals surface area contributed by atoms with Crippen LogP contribution in [0.2, 0.25) is 0 Å². The fourth-order valence-electron chi connectivity index (χ4n) is 2.60. The first-order valence-electron chi connectivity index (χ1n) is 8.51. The van der Waals surface area contributed by atoms with Gasteiger partial charge in [0.2, 0.25) is 0 Å². The molecule has 0 aliphatic carbocycles. The molecule has 2 N–H and O–H groups in total. The van der Waals surface area contributed by atoms with Gasteiger partial charge >= 0.3 is 17.8 Å². The van der Waals surface area contributed by atoms with Crippen LogP contribution in [0.5, 0.6) is 0 Å². The van der Waals surface area contributed by atoms with E-state index in [1.807, 2.05) is 42.5 Å². The van der Waals surface area contributed by atoms with E-state index in [-0.39, 0.29) is 17.6 Å². The van der Waals surface area contributed by atoms with Crippen LogP contribution in [-0.4, -0.2) is 16.1 Å². The zero-order valence-corrected chi connectivity index (χ0v) is 14.6. The molecule has 6 nitrogen and oxygen atoms in total. The van der Waals surface area contributed by atoms with Crippen LogP contribution >= 0.6 is 0 Å². The van der Waals surface area contributed by atoms with Gasteiger partial charge in [0.25, 0.3) is 0 Å². The molecule has 1 amide bonds. The summed E-state index contributed by atoms with van der Waals surface area (Å²) in [4.78, 5) is 12.3. The van der Waals surface area contributed by atoms with Gasteiger partial charge < -0.3 is 15.1 Å². The third kappa shape index (κ3) is 3.88. The van der Waals surface area contributed by atoms with Crippen molar-refractivity contribution in [3.05, 3.63) is 90.6 Å². The summed E-state index contributed by atoms with van der Waals surface area (Å²) in [5.74, 6) is -1.25. The van der Waals surface area contributed by atoms with Crippen LogP contribution in [0.1, 0.15) is 10.7 Å². The maximum atomic E-state index is 13.7. The van der Waals surface area contributed by atoms with Gasteiger partial charge in [0.15, 0.2) is 0 Å². The monoisotopic (exact) mass is 374 g/mol. The zero-order chi connectivity index (χ0) is 19.3. The normalized spacial score (nSPS) is 10.5. The molecule has 4 aromatic rings. The van der Waals surface area contributed by atoms with E-state index in [4.69, 9.17) is 4.42 Å². The maximum Gasteiger partial charge on any atom is 0.320 e. The summed E-state index contributed by atoms with van der Waals surface area (Å²) in [7, 11) is 0. The number of carbonyl (C=O) groups is 1. The fraction of sp³-hybridized carbons (Fsp3) is 0. The number of aromatic nitrogens is 2. The first kappa shape index (κ1) is 17.4. The first-order valence-corrected chi connectivity index (χ1v) is 8.51. The average Bonchev–Trinajstić information content (AvgIpc) is 3.20. The van der Waals surface area contributed by atoms with Crippen molar-refractivity contribution in [2.45, 2.75) is 0 Å². The third-order valence-corrected chi connectivity index (χ3v) is 3.98. The Morgan fingerprint density at radius 2 is 1.50 bits per heavy atom. The number of anilines is 3. The van der Waals surface area contributed by atoms with E-state index in [0.717, 1.165) is 11.1 Å². The van der Waals surface area contributed by atoms with Crippen LogP contribution in [0, 0.1) is 5.82 Å². The van der Waals surface area contributed by atoms with E-state index >= 15 is 0 Å². The lowest BCUT2D eigenvalue weighted by Crippen LogP contribution is -2.12. The van der Waals surface area contributed by atoms with E-state index in [0.29, 0.717) is 5.69 Å². The lowest BCUT2D eigenvalue weighted by atomic mass is 10.1. The largest absolute Gasteiger partial charge is 0.399 e. The number of hydrogen-bond donors (Lipinski definition) is 2. The minimum absolute atomic E-state index is 0.0744. The number of benzene rings is 3. The summed E-state index contributed by atoms with van der Waals surface area (Å²) in [6.07, 6.45) is 0. The zero-order valence-electron chi connectivity index (χ0n) is 14.6. The lowest BCUT2D eigenvalue weighted by molar-refractivity contribution is 0.0991. The highest BCUT2D eigenvalue weighted by Crippen LogP contribution is 2.22. The quantitative estimate of drug-likeness (QED) is 0.521. The van der Waals surface area contributed by atoms with Gasteiger partial charge in [0.05, 0.1) is 5.69 Å². The number of nitrogens with one attached hydrogen (secondary N) is 2. The van der Waals surface area contributed by atoms with E-state index in [1.165, 1.54) is 12.1 Å². The number of para-hydroxylation sites is 1. The minimum atomic E-state index is -0.554. The Kier molecular flexibility index (Phi) is 4.79. The Hall–Kier alpha value is -4.00. The van der Waals surface area contributed by atoms with Crippen LogP contribution in [0.4, 0.5) is 21.8 Å². The minimum Gasteiger partial charge on any atom is -0.399 e. The molecule has 0 aliphatic heterocycles. The van der Waals surface area contributed by atoms with Gasteiger partial charge in [-0.05, 0) is 35.4 Å². The Morgan fingerprint density at radius 3 is 2.25 bits per heavy atom. The molecule has 3 aromatic carbocycles. The van der Waals surface area contributed by atoms with Gasteiger partial charge in [-0.2, -0.15) is 0 Å². The van der Waals surface area contributed by atoms with Crippen molar-refractivity contribution < 1.29 is 13.6 Å². The number of nitrogens with zero attached hydrogens (tertiary/aromatic N) is 2. The second-order valence-corrected chi connectivity index (χ2v) is 5.91. The number of halogens is 1. The SMILES string of the molecule is O=C(Nc1ccc(-c2ccccc2)cc1)c1nnc(Nc2ccccc2F)o1.